The monoisotopic (exact) mass is 182 g/mol. The first-order chi connectivity index (χ1) is 6.25. The first-order valence-corrected chi connectivity index (χ1v) is 4.39. The van der Waals surface area contributed by atoms with Crippen molar-refractivity contribution in [2.45, 2.75) is 12.8 Å². The fourth-order valence-electron chi connectivity index (χ4n) is 1.65. The van der Waals surface area contributed by atoms with Crippen LogP contribution in [0.2, 0.25) is 0 Å². The molecule has 69 valence electrons. The molecule has 0 aliphatic carbocycles. The Bertz CT molecular complexity index is 286. The molecular formula is C10H10F2N. The van der Waals surface area contributed by atoms with Gasteiger partial charge in [-0.25, -0.2) is 8.78 Å². The fraction of sp³-hybridized carbons (Fsp3) is 0.400. The van der Waals surface area contributed by atoms with Crippen molar-refractivity contribution in [3.05, 3.63) is 29.8 Å². The predicted octanol–water partition coefficient (Wildman–Crippen LogP) is 2.37. The van der Waals surface area contributed by atoms with Gasteiger partial charge in [0.25, 0.3) is 0 Å². The van der Waals surface area contributed by atoms with Crippen LogP contribution in [-0.2, 0) is 0 Å². The number of benzene rings is 1. The van der Waals surface area contributed by atoms with Crippen LogP contribution in [-0.4, -0.2) is 13.1 Å². The molecule has 2 rings (SSSR count). The van der Waals surface area contributed by atoms with E-state index in [1.807, 2.05) is 11.0 Å². The van der Waals surface area contributed by atoms with E-state index >= 15 is 0 Å². The Morgan fingerprint density at radius 3 is 2.15 bits per heavy atom. The molecule has 0 amide bonds. The van der Waals surface area contributed by atoms with Gasteiger partial charge in [0.15, 0.2) is 0 Å². The third kappa shape index (κ3) is 1.79. The molecule has 3 heteroatoms. The fourth-order valence-corrected chi connectivity index (χ4v) is 1.65. The van der Waals surface area contributed by atoms with Gasteiger partial charge in [-0.2, -0.15) is 0 Å². The smallest absolute Gasteiger partial charge is 0.136 e. The normalized spacial score (nSPS) is 16.6. The van der Waals surface area contributed by atoms with Gasteiger partial charge in [-0.3, -0.25) is 0 Å². The minimum absolute atomic E-state index is 0.623. The second-order valence-electron chi connectivity index (χ2n) is 3.23. The van der Waals surface area contributed by atoms with E-state index < -0.39 is 11.6 Å². The summed E-state index contributed by atoms with van der Waals surface area (Å²) in [7, 11) is 0. The summed E-state index contributed by atoms with van der Waals surface area (Å²) in [5.41, 5.74) is 0.631. The van der Waals surface area contributed by atoms with Crippen LogP contribution in [0.15, 0.2) is 12.1 Å². The highest BCUT2D eigenvalue weighted by molar-refractivity contribution is 5.47. The number of nitrogens with zero attached hydrogens (tertiary/aromatic N) is 1. The van der Waals surface area contributed by atoms with Crippen molar-refractivity contribution in [2.24, 2.45) is 0 Å². The maximum atomic E-state index is 12.8. The number of anilines is 1. The third-order valence-electron chi connectivity index (χ3n) is 2.26. The standard InChI is InChI=1S/C10H10F2N/c11-8-5-9(12)7-10(6-8)13-3-1-2-4-13/h6-7H,1-4H2. The Morgan fingerprint density at radius 1 is 1.08 bits per heavy atom. The van der Waals surface area contributed by atoms with Crippen molar-refractivity contribution < 1.29 is 8.78 Å². The zero-order valence-corrected chi connectivity index (χ0v) is 7.19. The number of halogens is 2. The lowest BCUT2D eigenvalue weighted by Gasteiger charge is -2.17. The Labute approximate surface area is 76.0 Å². The average molecular weight is 182 g/mol. The molecule has 0 saturated carbocycles. The minimum atomic E-state index is -0.623. The van der Waals surface area contributed by atoms with Crippen LogP contribution in [0.3, 0.4) is 0 Å². The molecule has 1 aliphatic rings. The molecule has 1 fully saturated rings. The molecule has 0 bridgehead atoms. The number of rotatable bonds is 1. The first kappa shape index (κ1) is 8.48. The van der Waals surface area contributed by atoms with Crippen LogP contribution in [0.4, 0.5) is 14.5 Å². The molecule has 1 nitrogen and oxygen atoms in total. The Hall–Kier alpha value is -1.12. The summed E-state index contributed by atoms with van der Waals surface area (Å²) in [4.78, 5) is 1.99. The molecule has 13 heavy (non-hydrogen) atoms. The summed E-state index contributed by atoms with van der Waals surface area (Å²) >= 11 is 0. The molecule has 1 heterocycles. The SMILES string of the molecule is Fc1[c]c(F)cc(N2CCCC2)c1. The highest BCUT2D eigenvalue weighted by Gasteiger charge is 2.13. The maximum Gasteiger partial charge on any atom is 0.136 e. The van der Waals surface area contributed by atoms with Crippen molar-refractivity contribution in [1.29, 1.82) is 0 Å². The molecule has 1 saturated heterocycles. The second-order valence-corrected chi connectivity index (χ2v) is 3.23. The van der Waals surface area contributed by atoms with Gasteiger partial charge in [-0.1, -0.05) is 0 Å². The molecule has 0 unspecified atom stereocenters. The van der Waals surface area contributed by atoms with Gasteiger partial charge in [0, 0.05) is 18.8 Å². The summed E-state index contributed by atoms with van der Waals surface area (Å²) in [6.45, 7) is 1.78. The van der Waals surface area contributed by atoms with Crippen LogP contribution in [0, 0.1) is 17.7 Å². The molecule has 1 aliphatic heterocycles. The molecule has 1 aromatic rings. The molecular weight excluding hydrogens is 172 g/mol. The lowest BCUT2D eigenvalue weighted by atomic mass is 10.3. The van der Waals surface area contributed by atoms with Crippen molar-refractivity contribution in [3.8, 4) is 0 Å². The van der Waals surface area contributed by atoms with Gasteiger partial charge in [-0.15, -0.1) is 0 Å². The van der Waals surface area contributed by atoms with Crippen LogP contribution < -0.4 is 4.90 Å². The van der Waals surface area contributed by atoms with Gasteiger partial charge < -0.3 is 4.90 Å². The van der Waals surface area contributed by atoms with Gasteiger partial charge in [0.05, 0.1) is 6.07 Å². The molecule has 0 atom stereocenters. The van der Waals surface area contributed by atoms with E-state index in [0.717, 1.165) is 25.9 Å². The van der Waals surface area contributed by atoms with Crippen molar-refractivity contribution in [1.82, 2.24) is 0 Å². The summed E-state index contributed by atoms with van der Waals surface area (Å²) in [6, 6.07) is 4.63. The maximum absolute atomic E-state index is 12.8. The van der Waals surface area contributed by atoms with E-state index in [1.165, 1.54) is 12.1 Å². The third-order valence-corrected chi connectivity index (χ3v) is 2.26. The Morgan fingerprint density at radius 2 is 1.62 bits per heavy atom. The van der Waals surface area contributed by atoms with Crippen molar-refractivity contribution in [3.63, 3.8) is 0 Å². The van der Waals surface area contributed by atoms with E-state index in [-0.39, 0.29) is 0 Å². The van der Waals surface area contributed by atoms with E-state index in [2.05, 4.69) is 0 Å². The van der Waals surface area contributed by atoms with E-state index in [0.29, 0.717) is 5.69 Å². The second kappa shape index (κ2) is 3.32. The Balaban J connectivity index is 2.28. The first-order valence-electron chi connectivity index (χ1n) is 4.39. The van der Waals surface area contributed by atoms with Crippen molar-refractivity contribution >= 4 is 5.69 Å². The highest BCUT2D eigenvalue weighted by atomic mass is 19.1. The molecule has 1 radical (unpaired) electrons. The zero-order valence-electron chi connectivity index (χ0n) is 7.19. The van der Waals surface area contributed by atoms with Gasteiger partial charge in [0.2, 0.25) is 0 Å². The Kier molecular flexibility index (Phi) is 2.17. The summed E-state index contributed by atoms with van der Waals surface area (Å²) < 4.78 is 25.5. The lowest BCUT2D eigenvalue weighted by molar-refractivity contribution is 0.579. The largest absolute Gasteiger partial charge is 0.371 e. The molecule has 0 spiro atoms. The van der Waals surface area contributed by atoms with Gasteiger partial charge in [0.1, 0.15) is 11.6 Å². The molecule has 1 aromatic carbocycles. The quantitative estimate of drug-likeness (QED) is 0.644. The lowest BCUT2D eigenvalue weighted by Crippen LogP contribution is -2.17. The number of hydrogen-bond acceptors (Lipinski definition) is 1. The molecule has 0 N–H and O–H groups in total. The molecule has 0 aromatic heterocycles. The van der Waals surface area contributed by atoms with Crippen LogP contribution in [0.5, 0.6) is 0 Å². The van der Waals surface area contributed by atoms with Gasteiger partial charge >= 0.3 is 0 Å². The van der Waals surface area contributed by atoms with E-state index in [1.54, 1.807) is 0 Å². The average Bonchev–Trinajstić information content (AvgIpc) is 2.53. The predicted molar refractivity (Wildman–Crippen MR) is 46.6 cm³/mol. The minimum Gasteiger partial charge on any atom is -0.371 e. The topological polar surface area (TPSA) is 3.24 Å². The summed E-state index contributed by atoms with van der Waals surface area (Å²) in [5, 5.41) is 0. The van der Waals surface area contributed by atoms with Crippen molar-refractivity contribution in [2.75, 3.05) is 18.0 Å². The number of hydrogen-bond donors (Lipinski definition) is 0. The van der Waals surface area contributed by atoms with E-state index in [4.69, 9.17) is 0 Å². The van der Waals surface area contributed by atoms with Gasteiger partial charge in [-0.05, 0) is 25.0 Å². The van der Waals surface area contributed by atoms with Crippen LogP contribution in [0.1, 0.15) is 12.8 Å². The van der Waals surface area contributed by atoms with E-state index in [9.17, 15) is 8.78 Å². The van der Waals surface area contributed by atoms with Crippen LogP contribution >= 0.6 is 0 Å². The van der Waals surface area contributed by atoms with Crippen LogP contribution in [0.25, 0.3) is 0 Å². The zero-order chi connectivity index (χ0) is 9.26. The highest BCUT2D eigenvalue weighted by Crippen LogP contribution is 2.21. The summed E-state index contributed by atoms with van der Waals surface area (Å²) in [6.07, 6.45) is 2.20. The summed E-state index contributed by atoms with van der Waals surface area (Å²) in [5.74, 6) is -1.25.